The van der Waals surface area contributed by atoms with Crippen molar-refractivity contribution in [2.75, 3.05) is 38.3 Å². The van der Waals surface area contributed by atoms with E-state index in [0.717, 1.165) is 30.2 Å². The van der Waals surface area contributed by atoms with Crippen molar-refractivity contribution >= 4 is 11.6 Å². The number of hydrogen-bond acceptors (Lipinski definition) is 4. The highest BCUT2D eigenvalue weighted by Crippen LogP contribution is 2.30. The number of ether oxygens (including phenoxy) is 2. The summed E-state index contributed by atoms with van der Waals surface area (Å²) in [5.41, 5.74) is 3.49. The van der Waals surface area contributed by atoms with Crippen molar-refractivity contribution in [1.29, 1.82) is 0 Å². The number of methoxy groups -OCH3 is 1. The Morgan fingerprint density at radius 3 is 2.85 bits per heavy atom. The first-order chi connectivity index (χ1) is 13.1. The zero-order valence-electron chi connectivity index (χ0n) is 16.3. The van der Waals surface area contributed by atoms with E-state index in [4.69, 9.17) is 9.47 Å². The summed E-state index contributed by atoms with van der Waals surface area (Å²) in [6, 6.07) is 14.1. The van der Waals surface area contributed by atoms with Crippen LogP contribution in [0.15, 0.2) is 42.5 Å². The largest absolute Gasteiger partial charge is 0.497 e. The quantitative estimate of drug-likeness (QED) is 0.815. The van der Waals surface area contributed by atoms with Gasteiger partial charge in [0.15, 0.2) is 0 Å². The molecule has 1 aliphatic heterocycles. The molecule has 0 aliphatic carbocycles. The molecule has 5 heteroatoms. The fraction of sp³-hybridized carbons (Fsp3) is 0.409. The second-order valence-corrected chi connectivity index (χ2v) is 6.84. The third-order valence-corrected chi connectivity index (χ3v) is 5.06. The molecular formula is C22H28N2O3. The number of nitrogens with zero attached hydrogens (tertiary/aromatic N) is 1. The molecule has 1 amide bonds. The van der Waals surface area contributed by atoms with E-state index in [0.29, 0.717) is 19.6 Å². The summed E-state index contributed by atoms with van der Waals surface area (Å²) < 4.78 is 11.0. The molecule has 144 valence electrons. The maximum Gasteiger partial charge on any atom is 0.226 e. The molecule has 3 rings (SSSR count). The molecule has 1 atom stereocenters. The third kappa shape index (κ3) is 4.54. The van der Waals surface area contributed by atoms with Gasteiger partial charge in [0.2, 0.25) is 5.91 Å². The Bertz CT molecular complexity index is 791. The molecule has 0 bridgehead atoms. The fourth-order valence-electron chi connectivity index (χ4n) is 3.49. The zero-order chi connectivity index (χ0) is 19.2. The molecule has 0 spiro atoms. The van der Waals surface area contributed by atoms with Crippen LogP contribution in [0.25, 0.3) is 0 Å². The van der Waals surface area contributed by atoms with Gasteiger partial charge in [-0.25, -0.2) is 0 Å². The molecule has 27 heavy (non-hydrogen) atoms. The number of para-hydroxylation sites is 1. The van der Waals surface area contributed by atoms with E-state index >= 15 is 0 Å². The van der Waals surface area contributed by atoms with E-state index in [-0.39, 0.29) is 11.8 Å². The molecule has 0 saturated carbocycles. The first-order valence-corrected chi connectivity index (χ1v) is 9.50. The lowest BCUT2D eigenvalue weighted by molar-refractivity contribution is -0.126. The third-order valence-electron chi connectivity index (χ3n) is 5.06. The topological polar surface area (TPSA) is 50.8 Å². The monoisotopic (exact) mass is 368 g/mol. The van der Waals surface area contributed by atoms with Crippen LogP contribution in [0.2, 0.25) is 0 Å². The molecule has 0 fully saturated rings. The van der Waals surface area contributed by atoms with Crippen LogP contribution < -0.4 is 19.7 Å². The van der Waals surface area contributed by atoms with Crippen molar-refractivity contribution in [3.8, 4) is 11.5 Å². The highest BCUT2D eigenvalue weighted by atomic mass is 16.5. The van der Waals surface area contributed by atoms with Crippen LogP contribution in [0.5, 0.6) is 11.5 Å². The van der Waals surface area contributed by atoms with Gasteiger partial charge in [-0.15, -0.1) is 0 Å². The number of nitrogens with one attached hydrogen (secondary N) is 1. The maximum absolute atomic E-state index is 12.6. The minimum Gasteiger partial charge on any atom is -0.497 e. The van der Waals surface area contributed by atoms with Crippen molar-refractivity contribution in [1.82, 2.24) is 5.32 Å². The molecular weight excluding hydrogens is 340 g/mol. The molecule has 1 aliphatic rings. The molecule has 2 aromatic rings. The van der Waals surface area contributed by atoms with Gasteiger partial charge in [-0.3, -0.25) is 4.79 Å². The van der Waals surface area contributed by atoms with Crippen molar-refractivity contribution in [3.63, 3.8) is 0 Å². The minimum absolute atomic E-state index is 0.0457. The van der Waals surface area contributed by atoms with Gasteiger partial charge < -0.3 is 19.7 Å². The number of hydrogen-bond donors (Lipinski definition) is 1. The van der Waals surface area contributed by atoms with Crippen molar-refractivity contribution in [3.05, 3.63) is 53.6 Å². The van der Waals surface area contributed by atoms with Gasteiger partial charge in [-0.05, 0) is 55.7 Å². The molecule has 2 aromatic carbocycles. The summed E-state index contributed by atoms with van der Waals surface area (Å²) in [6.07, 6.45) is 0.674. The Balaban J connectivity index is 1.54. The van der Waals surface area contributed by atoms with Gasteiger partial charge in [0.1, 0.15) is 18.1 Å². The first-order valence-electron chi connectivity index (χ1n) is 9.50. The number of carbonyl (C=O) groups is 1. The van der Waals surface area contributed by atoms with Crippen LogP contribution in [0.4, 0.5) is 5.69 Å². The molecule has 5 nitrogen and oxygen atoms in total. The Morgan fingerprint density at radius 1 is 1.30 bits per heavy atom. The van der Waals surface area contributed by atoms with Crippen LogP contribution in [0.1, 0.15) is 18.1 Å². The van der Waals surface area contributed by atoms with E-state index < -0.39 is 0 Å². The average molecular weight is 368 g/mol. The van der Waals surface area contributed by atoms with Crippen LogP contribution in [-0.2, 0) is 11.2 Å². The number of fused-ring (bicyclic) bond motifs is 1. The summed E-state index contributed by atoms with van der Waals surface area (Å²) in [6.45, 7) is 6.96. The number of amides is 1. The standard InChI is InChI=1S/C22H28N2O3/c1-4-24(20-8-6-5-7-16(20)2)12-11-23-22(25)18-13-17-14-19(26-3)9-10-21(17)27-15-18/h5-10,14,18H,4,11-13,15H2,1-3H3,(H,23,25). The summed E-state index contributed by atoms with van der Waals surface area (Å²) in [5.74, 6) is 1.51. The number of anilines is 1. The molecule has 1 unspecified atom stereocenters. The molecule has 0 saturated heterocycles. The van der Waals surface area contributed by atoms with E-state index in [9.17, 15) is 4.79 Å². The number of carbonyl (C=O) groups excluding carboxylic acids is 1. The highest BCUT2D eigenvalue weighted by molar-refractivity contribution is 5.79. The van der Waals surface area contributed by atoms with Crippen LogP contribution in [0, 0.1) is 12.8 Å². The Labute approximate surface area is 161 Å². The van der Waals surface area contributed by atoms with Gasteiger partial charge in [0.25, 0.3) is 0 Å². The SMILES string of the molecule is CCN(CCNC(=O)C1COc2ccc(OC)cc2C1)c1ccccc1C. The Hall–Kier alpha value is -2.69. The number of likely N-dealkylation sites (N-methyl/N-ethyl adjacent to an activating group) is 1. The van der Waals surface area contributed by atoms with Crippen LogP contribution in [-0.4, -0.2) is 39.3 Å². The van der Waals surface area contributed by atoms with Crippen molar-refractivity contribution < 1.29 is 14.3 Å². The summed E-state index contributed by atoms with van der Waals surface area (Å²) in [5, 5.41) is 3.07. The lowest BCUT2D eigenvalue weighted by Gasteiger charge is -2.27. The summed E-state index contributed by atoms with van der Waals surface area (Å²) in [7, 11) is 1.64. The maximum atomic E-state index is 12.6. The van der Waals surface area contributed by atoms with Crippen molar-refractivity contribution in [2.24, 2.45) is 5.92 Å². The smallest absolute Gasteiger partial charge is 0.226 e. The summed E-state index contributed by atoms with van der Waals surface area (Å²) >= 11 is 0. The normalized spacial score (nSPS) is 15.4. The van der Waals surface area contributed by atoms with E-state index in [1.165, 1.54) is 11.3 Å². The van der Waals surface area contributed by atoms with Gasteiger partial charge in [0, 0.05) is 25.3 Å². The second kappa shape index (κ2) is 8.80. The Kier molecular flexibility index (Phi) is 6.22. The molecule has 1 N–H and O–H groups in total. The van der Waals surface area contributed by atoms with E-state index in [1.807, 2.05) is 24.3 Å². The molecule has 1 heterocycles. The lowest BCUT2D eigenvalue weighted by Crippen LogP contribution is -2.41. The van der Waals surface area contributed by atoms with Gasteiger partial charge in [0.05, 0.1) is 13.0 Å². The molecule has 0 aromatic heterocycles. The number of rotatable bonds is 7. The number of benzene rings is 2. The first kappa shape index (κ1) is 19.1. The van der Waals surface area contributed by atoms with Crippen LogP contribution >= 0.6 is 0 Å². The number of aryl methyl sites for hydroxylation is 1. The van der Waals surface area contributed by atoms with E-state index in [1.54, 1.807) is 7.11 Å². The predicted octanol–water partition coefficient (Wildman–Crippen LogP) is 3.20. The predicted molar refractivity (Wildman–Crippen MR) is 108 cm³/mol. The molecule has 0 radical (unpaired) electrons. The minimum atomic E-state index is -0.168. The van der Waals surface area contributed by atoms with Gasteiger partial charge in [-0.1, -0.05) is 18.2 Å². The van der Waals surface area contributed by atoms with Crippen LogP contribution in [0.3, 0.4) is 0 Å². The lowest BCUT2D eigenvalue weighted by atomic mass is 9.96. The van der Waals surface area contributed by atoms with E-state index in [2.05, 4.69) is 42.3 Å². The fourth-order valence-corrected chi connectivity index (χ4v) is 3.49. The zero-order valence-corrected chi connectivity index (χ0v) is 16.3. The highest BCUT2D eigenvalue weighted by Gasteiger charge is 2.26. The Morgan fingerprint density at radius 2 is 2.11 bits per heavy atom. The van der Waals surface area contributed by atoms with Crippen molar-refractivity contribution in [2.45, 2.75) is 20.3 Å². The average Bonchev–Trinajstić information content (AvgIpc) is 2.71. The van der Waals surface area contributed by atoms with Gasteiger partial charge in [-0.2, -0.15) is 0 Å². The summed E-state index contributed by atoms with van der Waals surface area (Å²) in [4.78, 5) is 14.9. The second-order valence-electron chi connectivity index (χ2n) is 6.84. The van der Waals surface area contributed by atoms with Gasteiger partial charge >= 0.3 is 0 Å².